The van der Waals surface area contributed by atoms with Crippen LogP contribution in [0.5, 0.6) is 11.5 Å². The monoisotopic (exact) mass is 433 g/mol. The van der Waals surface area contributed by atoms with E-state index in [9.17, 15) is 22.8 Å². The van der Waals surface area contributed by atoms with Gasteiger partial charge in [-0.15, -0.1) is 0 Å². The van der Waals surface area contributed by atoms with Gasteiger partial charge in [0.1, 0.15) is 18.1 Å². The third kappa shape index (κ3) is 4.87. The predicted octanol–water partition coefficient (Wildman–Crippen LogP) is 2.96. The van der Waals surface area contributed by atoms with Crippen molar-refractivity contribution in [3.05, 3.63) is 58.1 Å². The van der Waals surface area contributed by atoms with Crippen LogP contribution in [0.25, 0.3) is 0 Å². The molecule has 1 aliphatic carbocycles. The molecule has 2 aromatic rings. The lowest BCUT2D eigenvalue weighted by atomic mass is 9.82. The molecule has 0 aromatic heterocycles. The fourth-order valence-electron chi connectivity index (χ4n) is 3.16. The average Bonchev–Trinajstić information content (AvgIpc) is 2.74. The fraction of sp³-hybridized carbons (Fsp3) is 0.273. The van der Waals surface area contributed by atoms with Crippen molar-refractivity contribution in [3.8, 4) is 23.3 Å². The van der Waals surface area contributed by atoms with Gasteiger partial charge < -0.3 is 14.2 Å². The molecule has 0 radical (unpaired) electrons. The van der Waals surface area contributed by atoms with Crippen LogP contribution in [0.2, 0.25) is 0 Å². The van der Waals surface area contributed by atoms with E-state index >= 15 is 0 Å². The maximum absolute atomic E-state index is 13.1. The molecule has 162 valence electrons. The molecule has 0 spiro atoms. The number of carbonyl (C=O) groups is 2. The summed E-state index contributed by atoms with van der Waals surface area (Å²) in [6.45, 7) is -1.60. The summed E-state index contributed by atoms with van der Waals surface area (Å²) >= 11 is 0. The number of hydrogen-bond acceptors (Lipinski definition) is 6. The fourth-order valence-corrected chi connectivity index (χ4v) is 3.16. The van der Waals surface area contributed by atoms with Crippen LogP contribution >= 0.6 is 0 Å². The van der Waals surface area contributed by atoms with Gasteiger partial charge in [0, 0.05) is 16.7 Å². The predicted molar refractivity (Wildman–Crippen MR) is 105 cm³/mol. The summed E-state index contributed by atoms with van der Waals surface area (Å²) in [6.07, 6.45) is -4.39. The van der Waals surface area contributed by atoms with E-state index in [1.165, 1.54) is 26.4 Å². The molecule has 0 saturated carbocycles. The number of halogens is 3. The maximum atomic E-state index is 13.1. The van der Waals surface area contributed by atoms with Crippen molar-refractivity contribution < 1.29 is 37.0 Å². The van der Waals surface area contributed by atoms with Crippen LogP contribution in [-0.2, 0) is 4.74 Å². The second kappa shape index (κ2) is 9.20. The summed E-state index contributed by atoms with van der Waals surface area (Å²) < 4.78 is 51.0. The van der Waals surface area contributed by atoms with Gasteiger partial charge in [0.05, 0.1) is 38.6 Å². The molecule has 0 unspecified atom stereocenters. The summed E-state index contributed by atoms with van der Waals surface area (Å²) in [7, 11) is 2.79. The van der Waals surface area contributed by atoms with E-state index in [0.29, 0.717) is 11.3 Å². The van der Waals surface area contributed by atoms with Crippen molar-refractivity contribution in [1.29, 1.82) is 0 Å². The molecular formula is C22H18F3NO5. The summed E-state index contributed by atoms with van der Waals surface area (Å²) in [6, 6.07) is 7.80. The van der Waals surface area contributed by atoms with Crippen molar-refractivity contribution in [2.45, 2.75) is 6.18 Å². The number of hydrogen-bond donors (Lipinski definition) is 1. The number of benzene rings is 2. The Balaban J connectivity index is 1.83. The number of ether oxygens (including phenoxy) is 3. The van der Waals surface area contributed by atoms with Crippen LogP contribution in [-0.4, -0.2) is 51.8 Å². The molecule has 31 heavy (non-hydrogen) atoms. The van der Waals surface area contributed by atoms with Crippen LogP contribution < -0.4 is 14.8 Å². The highest BCUT2D eigenvalue weighted by Crippen LogP contribution is 2.37. The number of alkyl halides is 3. The normalized spacial score (nSPS) is 12.5. The molecule has 0 saturated heterocycles. The number of nitrogens with one attached hydrogen (secondary N) is 1. The minimum absolute atomic E-state index is 0.0597. The second-order valence-electron chi connectivity index (χ2n) is 6.48. The Hall–Kier alpha value is -3.35. The molecule has 0 atom stereocenters. The van der Waals surface area contributed by atoms with E-state index in [2.05, 4.69) is 21.9 Å². The first-order valence-electron chi connectivity index (χ1n) is 9.09. The quantitative estimate of drug-likeness (QED) is 0.366. The van der Waals surface area contributed by atoms with Crippen molar-refractivity contribution >= 4 is 11.6 Å². The maximum Gasteiger partial charge on any atom is 0.411 e. The van der Waals surface area contributed by atoms with Crippen LogP contribution in [0.15, 0.2) is 30.3 Å². The molecule has 6 nitrogen and oxygen atoms in total. The zero-order valence-electron chi connectivity index (χ0n) is 16.7. The van der Waals surface area contributed by atoms with Gasteiger partial charge in [-0.25, -0.2) is 0 Å². The molecule has 2 aromatic carbocycles. The highest BCUT2D eigenvalue weighted by atomic mass is 19.4. The van der Waals surface area contributed by atoms with Crippen molar-refractivity contribution in [2.75, 3.05) is 34.1 Å². The minimum Gasteiger partial charge on any atom is -0.496 e. The Kier molecular flexibility index (Phi) is 6.63. The van der Waals surface area contributed by atoms with Gasteiger partial charge in [0.25, 0.3) is 0 Å². The third-order valence-electron chi connectivity index (χ3n) is 4.43. The number of methoxy groups -OCH3 is 2. The summed E-state index contributed by atoms with van der Waals surface area (Å²) in [4.78, 5) is 26.1. The zero-order chi connectivity index (χ0) is 22.6. The van der Waals surface area contributed by atoms with Gasteiger partial charge in [-0.1, -0.05) is 24.0 Å². The molecule has 0 bridgehead atoms. The molecule has 0 heterocycles. The van der Waals surface area contributed by atoms with Gasteiger partial charge in [0.2, 0.25) is 5.78 Å². The number of carbonyl (C=O) groups excluding carboxylic acids is 2. The Morgan fingerprint density at radius 2 is 1.68 bits per heavy atom. The van der Waals surface area contributed by atoms with E-state index in [1.807, 2.05) is 0 Å². The van der Waals surface area contributed by atoms with Crippen LogP contribution in [0.4, 0.5) is 13.2 Å². The topological polar surface area (TPSA) is 73.9 Å². The van der Waals surface area contributed by atoms with Gasteiger partial charge in [0.15, 0.2) is 5.78 Å². The largest absolute Gasteiger partial charge is 0.496 e. The highest BCUT2D eigenvalue weighted by molar-refractivity contribution is 6.30. The van der Waals surface area contributed by atoms with E-state index in [4.69, 9.17) is 9.47 Å². The second-order valence-corrected chi connectivity index (χ2v) is 6.48. The Bertz CT molecular complexity index is 1080. The van der Waals surface area contributed by atoms with E-state index in [0.717, 1.165) is 0 Å². The van der Waals surface area contributed by atoms with E-state index in [1.54, 1.807) is 18.2 Å². The summed E-state index contributed by atoms with van der Waals surface area (Å²) in [5.74, 6) is 5.27. The Morgan fingerprint density at radius 1 is 0.968 bits per heavy atom. The van der Waals surface area contributed by atoms with E-state index < -0.39 is 12.8 Å². The SMILES string of the molecule is COc1cccc2c1C(=O)c1c(OC)cc(C#CCNCOCC(F)(F)F)cc1C2=O. The van der Waals surface area contributed by atoms with Crippen LogP contribution in [0.1, 0.15) is 37.4 Å². The smallest absolute Gasteiger partial charge is 0.411 e. The average molecular weight is 433 g/mol. The number of rotatable bonds is 6. The van der Waals surface area contributed by atoms with Crippen LogP contribution in [0.3, 0.4) is 0 Å². The van der Waals surface area contributed by atoms with Gasteiger partial charge >= 0.3 is 6.18 Å². The van der Waals surface area contributed by atoms with Crippen molar-refractivity contribution in [2.24, 2.45) is 0 Å². The molecule has 1 N–H and O–H groups in total. The lowest BCUT2D eigenvalue weighted by Crippen LogP contribution is -2.24. The van der Waals surface area contributed by atoms with Crippen molar-refractivity contribution in [1.82, 2.24) is 5.32 Å². The summed E-state index contributed by atoms with van der Waals surface area (Å²) in [5, 5.41) is 2.60. The standard InChI is InChI=1S/C22H18F3NO5/c1-29-16-7-3-6-14-18(16)21(28)19-15(20(14)27)9-13(10-17(19)30-2)5-4-8-26-12-31-11-22(23,24)25/h3,6-7,9-10,26H,8,11-12H2,1-2H3. The first kappa shape index (κ1) is 22.3. The van der Waals surface area contributed by atoms with Crippen molar-refractivity contribution in [3.63, 3.8) is 0 Å². The lowest BCUT2D eigenvalue weighted by Gasteiger charge is -2.21. The van der Waals surface area contributed by atoms with Gasteiger partial charge in [-0.05, 0) is 18.2 Å². The molecule has 9 heteroatoms. The lowest BCUT2D eigenvalue weighted by molar-refractivity contribution is -0.175. The van der Waals surface area contributed by atoms with Gasteiger partial charge in [-0.3, -0.25) is 14.9 Å². The van der Waals surface area contributed by atoms with Gasteiger partial charge in [-0.2, -0.15) is 13.2 Å². The molecule has 3 rings (SSSR count). The third-order valence-corrected chi connectivity index (χ3v) is 4.43. The zero-order valence-corrected chi connectivity index (χ0v) is 16.7. The summed E-state index contributed by atoms with van der Waals surface area (Å²) in [5.41, 5.74) is 1.13. The Labute approximate surface area is 176 Å². The number of fused-ring (bicyclic) bond motifs is 2. The van der Waals surface area contributed by atoms with E-state index in [-0.39, 0.29) is 52.8 Å². The molecular weight excluding hydrogens is 415 g/mol. The first-order valence-corrected chi connectivity index (χ1v) is 9.09. The molecule has 1 aliphatic rings. The van der Waals surface area contributed by atoms with Crippen LogP contribution in [0, 0.1) is 11.8 Å². The highest BCUT2D eigenvalue weighted by Gasteiger charge is 2.35. The molecule has 0 fully saturated rings. The Morgan fingerprint density at radius 3 is 2.35 bits per heavy atom. The first-order chi connectivity index (χ1) is 14.8. The number of ketones is 2. The minimum atomic E-state index is -4.39. The molecule has 0 amide bonds. The molecule has 0 aliphatic heterocycles.